The Hall–Kier alpha value is -3.13. The predicted molar refractivity (Wildman–Crippen MR) is 113 cm³/mol. The molecule has 30 heavy (non-hydrogen) atoms. The lowest BCUT2D eigenvalue weighted by Crippen LogP contribution is -3.11. The highest BCUT2D eigenvalue weighted by atomic mass is 16.6. The monoisotopic (exact) mass is 414 g/mol. The van der Waals surface area contributed by atoms with Gasteiger partial charge >= 0.3 is 0 Å². The second-order valence-corrected chi connectivity index (χ2v) is 7.65. The van der Waals surface area contributed by atoms with Crippen LogP contribution in [0, 0.1) is 24.0 Å². The SMILES string of the molecule is COc1ccc(OC)c([C@@H]2CCC[NH+]2CC(=O)Nc2cc(C)c(C)cc2[N+](=O)[O-])c1. The molecule has 1 unspecified atom stereocenters. The lowest BCUT2D eigenvalue weighted by molar-refractivity contribution is -0.910. The number of carbonyl (C=O) groups is 1. The molecule has 2 atom stereocenters. The van der Waals surface area contributed by atoms with Crippen molar-refractivity contribution >= 4 is 17.3 Å². The number of benzene rings is 2. The Morgan fingerprint density at radius 2 is 1.93 bits per heavy atom. The van der Waals surface area contributed by atoms with Crippen molar-refractivity contribution in [2.24, 2.45) is 0 Å². The number of aryl methyl sites for hydroxylation is 2. The average molecular weight is 414 g/mol. The second-order valence-electron chi connectivity index (χ2n) is 7.65. The number of amides is 1. The van der Waals surface area contributed by atoms with E-state index in [9.17, 15) is 14.9 Å². The van der Waals surface area contributed by atoms with Crippen molar-refractivity contribution < 1.29 is 24.1 Å². The molecule has 1 aliphatic rings. The number of quaternary nitrogens is 1. The molecule has 8 nitrogen and oxygen atoms in total. The lowest BCUT2D eigenvalue weighted by atomic mass is 10.0. The maximum absolute atomic E-state index is 12.8. The number of anilines is 1. The number of rotatable bonds is 7. The number of ether oxygens (including phenoxy) is 2. The van der Waals surface area contributed by atoms with Crippen molar-refractivity contribution in [2.45, 2.75) is 32.7 Å². The van der Waals surface area contributed by atoms with Crippen LogP contribution in [0.15, 0.2) is 30.3 Å². The van der Waals surface area contributed by atoms with Crippen LogP contribution in [0.5, 0.6) is 11.5 Å². The molecule has 0 bridgehead atoms. The zero-order valence-electron chi connectivity index (χ0n) is 17.8. The maximum atomic E-state index is 12.8. The molecule has 1 amide bonds. The Balaban J connectivity index is 1.79. The van der Waals surface area contributed by atoms with Gasteiger partial charge in [0, 0.05) is 18.9 Å². The summed E-state index contributed by atoms with van der Waals surface area (Å²) in [6.07, 6.45) is 1.91. The smallest absolute Gasteiger partial charge is 0.293 e. The van der Waals surface area contributed by atoms with Crippen LogP contribution < -0.4 is 19.7 Å². The molecule has 2 N–H and O–H groups in total. The number of nitro benzene ring substituents is 1. The highest BCUT2D eigenvalue weighted by Crippen LogP contribution is 2.32. The van der Waals surface area contributed by atoms with Crippen LogP contribution in [-0.2, 0) is 4.79 Å². The first-order valence-corrected chi connectivity index (χ1v) is 9.96. The molecule has 160 valence electrons. The molecular weight excluding hydrogens is 386 g/mol. The van der Waals surface area contributed by atoms with E-state index in [4.69, 9.17) is 9.47 Å². The van der Waals surface area contributed by atoms with Gasteiger partial charge in [0.15, 0.2) is 6.54 Å². The van der Waals surface area contributed by atoms with Crippen LogP contribution in [0.2, 0.25) is 0 Å². The second kappa shape index (κ2) is 9.13. The van der Waals surface area contributed by atoms with E-state index in [1.165, 1.54) is 6.07 Å². The van der Waals surface area contributed by atoms with Crippen LogP contribution >= 0.6 is 0 Å². The summed E-state index contributed by atoms with van der Waals surface area (Å²) in [5.41, 5.74) is 2.86. The summed E-state index contributed by atoms with van der Waals surface area (Å²) in [5, 5.41) is 14.2. The lowest BCUT2D eigenvalue weighted by Gasteiger charge is -2.23. The Morgan fingerprint density at radius 1 is 1.20 bits per heavy atom. The van der Waals surface area contributed by atoms with Gasteiger partial charge in [0.1, 0.15) is 23.2 Å². The van der Waals surface area contributed by atoms with E-state index in [1.54, 1.807) is 20.3 Å². The number of nitrogens with one attached hydrogen (secondary N) is 2. The van der Waals surface area contributed by atoms with Gasteiger partial charge < -0.3 is 19.7 Å². The van der Waals surface area contributed by atoms with E-state index in [-0.39, 0.29) is 29.9 Å². The summed E-state index contributed by atoms with van der Waals surface area (Å²) in [6, 6.07) is 8.94. The molecule has 8 heteroatoms. The van der Waals surface area contributed by atoms with Crippen LogP contribution in [-0.4, -0.2) is 38.1 Å². The molecule has 0 spiro atoms. The molecular formula is C22H28N3O5+. The van der Waals surface area contributed by atoms with Gasteiger partial charge in [0.2, 0.25) is 0 Å². The third-order valence-corrected chi connectivity index (χ3v) is 5.77. The molecule has 1 heterocycles. The molecule has 1 aliphatic heterocycles. The third-order valence-electron chi connectivity index (χ3n) is 5.77. The first-order chi connectivity index (χ1) is 14.3. The van der Waals surface area contributed by atoms with Gasteiger partial charge in [0.25, 0.3) is 11.6 Å². The topological polar surface area (TPSA) is 95.1 Å². The van der Waals surface area contributed by atoms with Crippen molar-refractivity contribution in [1.29, 1.82) is 0 Å². The summed E-state index contributed by atoms with van der Waals surface area (Å²) in [7, 11) is 3.25. The number of carbonyl (C=O) groups excluding carboxylic acids is 1. The standard InChI is InChI=1S/C22H27N3O5/c1-14-10-18(20(25(27)28)11-15(14)2)23-22(26)13-24-9-5-6-19(24)17-12-16(29-3)7-8-21(17)30-4/h7-8,10-12,19H,5-6,9,13H2,1-4H3,(H,23,26)/p+1/t19-/m0/s1. The van der Waals surface area contributed by atoms with Crippen molar-refractivity contribution in [3.8, 4) is 11.5 Å². The predicted octanol–water partition coefficient (Wildman–Crippen LogP) is 2.59. The van der Waals surface area contributed by atoms with Crippen LogP contribution in [0.4, 0.5) is 11.4 Å². The van der Waals surface area contributed by atoms with Crippen molar-refractivity contribution in [2.75, 3.05) is 32.6 Å². The van der Waals surface area contributed by atoms with Crippen LogP contribution in [0.3, 0.4) is 0 Å². The number of methoxy groups -OCH3 is 2. The molecule has 2 aromatic carbocycles. The van der Waals surface area contributed by atoms with Gasteiger partial charge in [-0.25, -0.2) is 0 Å². The summed E-state index contributed by atoms with van der Waals surface area (Å²) in [6.45, 7) is 4.74. The molecule has 3 rings (SSSR count). The molecule has 1 saturated heterocycles. The minimum atomic E-state index is -0.464. The summed E-state index contributed by atoms with van der Waals surface area (Å²) >= 11 is 0. The number of hydrogen-bond acceptors (Lipinski definition) is 5. The summed E-state index contributed by atoms with van der Waals surface area (Å²) in [5.74, 6) is 1.27. The molecule has 0 aromatic heterocycles. The van der Waals surface area contributed by atoms with E-state index >= 15 is 0 Å². The number of nitro groups is 1. The van der Waals surface area contributed by atoms with E-state index in [0.29, 0.717) is 0 Å². The fourth-order valence-corrected chi connectivity index (χ4v) is 4.06. The molecule has 1 fully saturated rings. The average Bonchev–Trinajstić information content (AvgIpc) is 3.17. The van der Waals surface area contributed by atoms with Gasteiger partial charge in [-0.05, 0) is 49.2 Å². The van der Waals surface area contributed by atoms with Crippen molar-refractivity contribution in [3.05, 3.63) is 57.1 Å². The van der Waals surface area contributed by atoms with Crippen LogP contribution in [0.1, 0.15) is 35.6 Å². The fraction of sp³-hybridized carbons (Fsp3) is 0.409. The normalized spacial score (nSPS) is 18.1. The van der Waals surface area contributed by atoms with Gasteiger partial charge in [-0.15, -0.1) is 0 Å². The number of nitrogens with zero attached hydrogens (tertiary/aromatic N) is 1. The first kappa shape index (κ1) is 21.6. The zero-order valence-corrected chi connectivity index (χ0v) is 17.8. The van der Waals surface area contributed by atoms with E-state index < -0.39 is 4.92 Å². The molecule has 2 aromatic rings. The molecule has 0 radical (unpaired) electrons. The van der Waals surface area contributed by atoms with Gasteiger partial charge in [0.05, 0.1) is 31.3 Å². The van der Waals surface area contributed by atoms with Crippen molar-refractivity contribution in [1.82, 2.24) is 0 Å². The minimum Gasteiger partial charge on any atom is -0.497 e. The Morgan fingerprint density at radius 3 is 2.60 bits per heavy atom. The van der Waals surface area contributed by atoms with E-state index in [0.717, 1.165) is 52.5 Å². The Labute approximate surface area is 175 Å². The Bertz CT molecular complexity index is 960. The number of hydrogen-bond donors (Lipinski definition) is 2. The van der Waals surface area contributed by atoms with Crippen molar-refractivity contribution in [3.63, 3.8) is 0 Å². The zero-order chi connectivity index (χ0) is 21.8. The first-order valence-electron chi connectivity index (χ1n) is 9.96. The van der Waals surface area contributed by atoms with Crippen LogP contribution in [0.25, 0.3) is 0 Å². The van der Waals surface area contributed by atoms with Gasteiger partial charge in [-0.2, -0.15) is 0 Å². The third kappa shape index (κ3) is 4.54. The van der Waals surface area contributed by atoms with Gasteiger partial charge in [-0.3, -0.25) is 14.9 Å². The van der Waals surface area contributed by atoms with Gasteiger partial charge in [-0.1, -0.05) is 0 Å². The maximum Gasteiger partial charge on any atom is 0.293 e. The van der Waals surface area contributed by atoms with E-state index in [2.05, 4.69) is 5.32 Å². The summed E-state index contributed by atoms with van der Waals surface area (Å²) in [4.78, 5) is 24.8. The highest BCUT2D eigenvalue weighted by Gasteiger charge is 2.34. The highest BCUT2D eigenvalue weighted by molar-refractivity contribution is 5.94. The Kier molecular flexibility index (Phi) is 6.56. The molecule has 0 aliphatic carbocycles. The minimum absolute atomic E-state index is 0.0890. The largest absolute Gasteiger partial charge is 0.497 e. The summed E-state index contributed by atoms with van der Waals surface area (Å²) < 4.78 is 10.9. The van der Waals surface area contributed by atoms with E-state index in [1.807, 2.05) is 32.0 Å². The fourth-order valence-electron chi connectivity index (χ4n) is 4.06. The molecule has 0 saturated carbocycles. The number of likely N-dealkylation sites (tertiary alicyclic amines) is 1. The quantitative estimate of drug-likeness (QED) is 0.536.